The molecule has 0 aliphatic carbocycles. The van der Waals surface area contributed by atoms with Crippen LogP contribution in [0.3, 0.4) is 0 Å². The third-order valence-electron chi connectivity index (χ3n) is 3.82. The number of carbonyl (C=O) groups is 1. The lowest BCUT2D eigenvalue weighted by atomic mass is 9.91. The number of ketones is 1. The number of methoxy groups -OCH3 is 1. The Hall–Kier alpha value is -1.27. The second-order valence-electron chi connectivity index (χ2n) is 5.11. The highest BCUT2D eigenvalue weighted by molar-refractivity contribution is 5.85. The summed E-state index contributed by atoms with van der Waals surface area (Å²) in [5.41, 5.74) is 0.944. The molecule has 1 aromatic rings. The Morgan fingerprint density at radius 1 is 1.20 bits per heavy atom. The zero-order valence-electron chi connectivity index (χ0n) is 11.5. The number of rotatable bonds is 2. The number of carbonyl (C=O) groups excluding carboxylic acids is 1. The molecule has 0 amide bonds. The summed E-state index contributed by atoms with van der Waals surface area (Å²) in [5, 5.41) is 0. The largest absolute Gasteiger partial charge is 0.349 e. The summed E-state index contributed by atoms with van der Waals surface area (Å²) in [6.07, 6.45) is -1.83. The molecule has 108 valence electrons. The Labute approximate surface area is 117 Å². The first-order valence-electron chi connectivity index (χ1n) is 6.74. The highest BCUT2D eigenvalue weighted by atomic mass is 16.7. The van der Waals surface area contributed by atoms with Gasteiger partial charge in [-0.2, -0.15) is 0 Å². The number of benzene rings is 1. The highest BCUT2D eigenvalue weighted by Gasteiger charge is 2.47. The topological polar surface area (TPSA) is 54.0 Å². The van der Waals surface area contributed by atoms with Crippen LogP contribution in [0, 0.1) is 5.92 Å². The Bertz CT molecular complexity index is 474. The summed E-state index contributed by atoms with van der Waals surface area (Å²) in [5.74, 6) is -0.351. The van der Waals surface area contributed by atoms with Crippen LogP contribution in [0.1, 0.15) is 18.8 Å². The van der Waals surface area contributed by atoms with Crippen LogP contribution in [0.15, 0.2) is 30.3 Å². The van der Waals surface area contributed by atoms with Gasteiger partial charge >= 0.3 is 0 Å². The van der Waals surface area contributed by atoms with Crippen LogP contribution in [0.2, 0.25) is 0 Å². The summed E-state index contributed by atoms with van der Waals surface area (Å²) in [4.78, 5) is 12.1. The van der Waals surface area contributed by atoms with Crippen molar-refractivity contribution in [1.82, 2.24) is 0 Å². The Morgan fingerprint density at radius 3 is 2.65 bits per heavy atom. The average molecular weight is 278 g/mol. The molecule has 2 saturated heterocycles. The molecular formula is C15H18O5. The molecule has 0 spiro atoms. The van der Waals surface area contributed by atoms with E-state index in [1.54, 1.807) is 0 Å². The third-order valence-corrected chi connectivity index (χ3v) is 3.82. The predicted octanol–water partition coefficient (Wildman–Crippen LogP) is 1.68. The van der Waals surface area contributed by atoms with E-state index in [0.29, 0.717) is 6.61 Å². The van der Waals surface area contributed by atoms with Gasteiger partial charge in [0.2, 0.25) is 6.29 Å². The van der Waals surface area contributed by atoms with Crippen LogP contribution in [0.25, 0.3) is 0 Å². The molecule has 20 heavy (non-hydrogen) atoms. The van der Waals surface area contributed by atoms with Crippen molar-refractivity contribution in [2.45, 2.75) is 31.7 Å². The fourth-order valence-electron chi connectivity index (χ4n) is 2.66. The summed E-state index contributed by atoms with van der Waals surface area (Å²) in [6, 6.07) is 9.69. The molecule has 0 radical (unpaired) electrons. The molecule has 2 heterocycles. The van der Waals surface area contributed by atoms with E-state index in [-0.39, 0.29) is 23.9 Å². The molecule has 0 bridgehead atoms. The molecule has 2 aliphatic heterocycles. The van der Waals surface area contributed by atoms with E-state index in [0.717, 1.165) is 5.56 Å². The maximum Gasteiger partial charge on any atom is 0.218 e. The van der Waals surface area contributed by atoms with Gasteiger partial charge in [-0.05, 0) is 0 Å². The minimum Gasteiger partial charge on any atom is -0.349 e. The van der Waals surface area contributed by atoms with Gasteiger partial charge in [0.1, 0.15) is 6.10 Å². The van der Waals surface area contributed by atoms with Crippen molar-refractivity contribution in [3.05, 3.63) is 35.9 Å². The first kappa shape index (κ1) is 13.7. The zero-order chi connectivity index (χ0) is 14.1. The highest BCUT2D eigenvalue weighted by Crippen LogP contribution is 2.35. The number of fused-ring (bicyclic) bond motifs is 1. The SMILES string of the molecule is CO[C@H]1O[C@@H]2COC(c3ccccc3)O[C@H]2[C@H](C)C1=O. The molecule has 3 rings (SSSR count). The van der Waals surface area contributed by atoms with Gasteiger partial charge in [0.25, 0.3) is 0 Å². The first-order valence-corrected chi connectivity index (χ1v) is 6.74. The quantitative estimate of drug-likeness (QED) is 0.823. The molecule has 1 aromatic carbocycles. The van der Waals surface area contributed by atoms with Crippen molar-refractivity contribution in [3.8, 4) is 0 Å². The van der Waals surface area contributed by atoms with Crippen LogP contribution in [-0.2, 0) is 23.7 Å². The van der Waals surface area contributed by atoms with E-state index in [1.807, 2.05) is 37.3 Å². The Kier molecular flexibility index (Phi) is 3.85. The average Bonchev–Trinajstić information content (AvgIpc) is 2.51. The minimum absolute atomic E-state index is 0.0811. The van der Waals surface area contributed by atoms with Gasteiger partial charge < -0.3 is 18.9 Å². The van der Waals surface area contributed by atoms with E-state index in [4.69, 9.17) is 18.9 Å². The molecule has 1 unspecified atom stereocenters. The van der Waals surface area contributed by atoms with Gasteiger partial charge in [-0.25, -0.2) is 0 Å². The molecule has 5 atom stereocenters. The van der Waals surface area contributed by atoms with E-state index < -0.39 is 12.6 Å². The lowest BCUT2D eigenvalue weighted by molar-refractivity contribution is -0.310. The van der Waals surface area contributed by atoms with Gasteiger partial charge in [0.15, 0.2) is 12.1 Å². The molecule has 0 aromatic heterocycles. The van der Waals surface area contributed by atoms with Crippen LogP contribution in [0.4, 0.5) is 0 Å². The lowest BCUT2D eigenvalue weighted by Crippen LogP contribution is -2.56. The van der Waals surface area contributed by atoms with Crippen molar-refractivity contribution in [2.75, 3.05) is 13.7 Å². The maximum absolute atomic E-state index is 12.1. The van der Waals surface area contributed by atoms with Crippen molar-refractivity contribution in [2.24, 2.45) is 5.92 Å². The molecule has 2 fully saturated rings. The van der Waals surface area contributed by atoms with E-state index >= 15 is 0 Å². The van der Waals surface area contributed by atoms with Crippen LogP contribution < -0.4 is 0 Å². The normalized spacial score (nSPS) is 37.5. The van der Waals surface area contributed by atoms with Crippen LogP contribution in [-0.4, -0.2) is 38.0 Å². The van der Waals surface area contributed by atoms with Gasteiger partial charge in [0.05, 0.1) is 12.7 Å². The summed E-state index contributed by atoms with van der Waals surface area (Å²) >= 11 is 0. The molecular weight excluding hydrogens is 260 g/mol. The van der Waals surface area contributed by atoms with Crippen LogP contribution >= 0.6 is 0 Å². The second kappa shape index (κ2) is 5.61. The number of ether oxygens (including phenoxy) is 4. The smallest absolute Gasteiger partial charge is 0.218 e. The predicted molar refractivity (Wildman–Crippen MR) is 69.8 cm³/mol. The van der Waals surface area contributed by atoms with Crippen molar-refractivity contribution in [3.63, 3.8) is 0 Å². The molecule has 0 saturated carbocycles. The fourth-order valence-corrected chi connectivity index (χ4v) is 2.66. The third kappa shape index (κ3) is 2.38. The standard InChI is InChI=1S/C15H18O5/c1-9-12(16)15(17-2)19-11-8-18-14(20-13(9)11)10-6-4-3-5-7-10/h3-7,9,11,13-15H,8H2,1-2H3/t9-,11-,13+,14?,15+/m1/s1. The Balaban J connectivity index is 1.76. The summed E-state index contributed by atoms with van der Waals surface area (Å²) in [6.45, 7) is 2.24. The molecule has 0 N–H and O–H groups in total. The fraction of sp³-hybridized carbons (Fsp3) is 0.533. The van der Waals surface area contributed by atoms with Gasteiger partial charge in [0, 0.05) is 18.6 Å². The van der Waals surface area contributed by atoms with Crippen molar-refractivity contribution in [1.29, 1.82) is 0 Å². The molecule has 2 aliphatic rings. The minimum atomic E-state index is -0.813. The number of hydrogen-bond acceptors (Lipinski definition) is 5. The summed E-state index contributed by atoms with van der Waals surface area (Å²) < 4.78 is 22.3. The maximum atomic E-state index is 12.1. The van der Waals surface area contributed by atoms with Gasteiger partial charge in [-0.15, -0.1) is 0 Å². The van der Waals surface area contributed by atoms with Crippen LogP contribution in [0.5, 0.6) is 0 Å². The monoisotopic (exact) mass is 278 g/mol. The second-order valence-corrected chi connectivity index (χ2v) is 5.11. The number of Topliss-reactive ketones (excluding diaryl/α,β-unsaturated/α-hetero) is 1. The van der Waals surface area contributed by atoms with Crippen molar-refractivity contribution >= 4 is 5.78 Å². The van der Waals surface area contributed by atoms with E-state index in [9.17, 15) is 4.79 Å². The number of hydrogen-bond donors (Lipinski definition) is 0. The van der Waals surface area contributed by atoms with E-state index in [2.05, 4.69) is 0 Å². The first-order chi connectivity index (χ1) is 9.70. The van der Waals surface area contributed by atoms with Gasteiger partial charge in [-0.3, -0.25) is 4.79 Å². The lowest BCUT2D eigenvalue weighted by Gasteiger charge is -2.43. The van der Waals surface area contributed by atoms with Gasteiger partial charge in [-0.1, -0.05) is 37.3 Å². The van der Waals surface area contributed by atoms with Crippen molar-refractivity contribution < 1.29 is 23.7 Å². The molecule has 5 heteroatoms. The Morgan fingerprint density at radius 2 is 1.95 bits per heavy atom. The van der Waals surface area contributed by atoms with E-state index in [1.165, 1.54) is 7.11 Å². The molecule has 5 nitrogen and oxygen atoms in total. The zero-order valence-corrected chi connectivity index (χ0v) is 11.5. The summed E-state index contributed by atoms with van der Waals surface area (Å²) in [7, 11) is 1.47.